The van der Waals surface area contributed by atoms with E-state index in [1.54, 1.807) is 24.5 Å². The molecule has 0 saturated heterocycles. The molecule has 0 aliphatic heterocycles. The molecule has 3 aromatic rings. The Hall–Kier alpha value is -2.69. The van der Waals surface area contributed by atoms with Crippen LogP contribution in [0.15, 0.2) is 47.1 Å². The fourth-order valence-corrected chi connectivity index (χ4v) is 2.17. The first-order valence-corrected chi connectivity index (χ1v) is 6.77. The van der Waals surface area contributed by atoms with Gasteiger partial charge < -0.3 is 9.73 Å². The van der Waals surface area contributed by atoms with Gasteiger partial charge in [0.2, 0.25) is 0 Å². The lowest BCUT2D eigenvalue weighted by molar-refractivity contribution is 0.0954. The maximum Gasteiger partial charge on any atom is 0.251 e. The molecule has 0 unspecified atom stereocenters. The molecule has 1 aromatic carbocycles. The van der Waals surface area contributed by atoms with Crippen molar-refractivity contribution < 1.29 is 9.21 Å². The Balaban J connectivity index is 1.60. The molecule has 5 nitrogen and oxygen atoms in total. The lowest BCUT2D eigenvalue weighted by Crippen LogP contribution is -2.25. The number of carbonyl (C=O) groups excluding carboxylic acids is 1. The Labute approximate surface area is 122 Å². The van der Waals surface area contributed by atoms with E-state index < -0.39 is 0 Å². The summed E-state index contributed by atoms with van der Waals surface area (Å²) in [6, 6.07) is 9.29. The van der Waals surface area contributed by atoms with Crippen LogP contribution in [0.5, 0.6) is 0 Å². The van der Waals surface area contributed by atoms with E-state index in [1.165, 1.54) is 0 Å². The van der Waals surface area contributed by atoms with Crippen LogP contribution in [0.2, 0.25) is 0 Å². The SMILES string of the molecule is Cc1nc2ccc(CCNC(=O)c3ccncc3)cc2o1. The summed E-state index contributed by atoms with van der Waals surface area (Å²) in [7, 11) is 0. The lowest BCUT2D eigenvalue weighted by atomic mass is 10.1. The van der Waals surface area contributed by atoms with Gasteiger partial charge in [-0.05, 0) is 36.2 Å². The zero-order valence-electron chi connectivity index (χ0n) is 11.7. The molecular weight excluding hydrogens is 266 g/mol. The predicted octanol–water partition coefficient (Wildman–Crippen LogP) is 2.50. The van der Waals surface area contributed by atoms with Gasteiger partial charge in [0.15, 0.2) is 11.5 Å². The number of nitrogens with zero attached hydrogens (tertiary/aromatic N) is 2. The average molecular weight is 281 g/mol. The van der Waals surface area contributed by atoms with Crippen LogP contribution in [0, 0.1) is 6.92 Å². The van der Waals surface area contributed by atoms with Gasteiger partial charge in [-0.2, -0.15) is 0 Å². The number of benzene rings is 1. The van der Waals surface area contributed by atoms with Crippen molar-refractivity contribution >= 4 is 17.0 Å². The van der Waals surface area contributed by atoms with Crippen LogP contribution >= 0.6 is 0 Å². The Kier molecular flexibility index (Phi) is 3.64. The maximum absolute atomic E-state index is 11.9. The summed E-state index contributed by atoms with van der Waals surface area (Å²) in [4.78, 5) is 20.0. The minimum absolute atomic E-state index is 0.0889. The van der Waals surface area contributed by atoms with Gasteiger partial charge in [-0.25, -0.2) is 4.98 Å². The number of pyridine rings is 1. The summed E-state index contributed by atoms with van der Waals surface area (Å²) in [6.45, 7) is 2.40. The van der Waals surface area contributed by atoms with E-state index in [2.05, 4.69) is 15.3 Å². The van der Waals surface area contributed by atoms with Gasteiger partial charge >= 0.3 is 0 Å². The van der Waals surface area contributed by atoms with Crippen molar-refractivity contribution in [1.82, 2.24) is 15.3 Å². The van der Waals surface area contributed by atoms with Crippen molar-refractivity contribution in [2.45, 2.75) is 13.3 Å². The van der Waals surface area contributed by atoms with Gasteiger partial charge in [0, 0.05) is 31.4 Å². The third-order valence-electron chi connectivity index (χ3n) is 3.20. The number of nitrogens with one attached hydrogen (secondary N) is 1. The zero-order chi connectivity index (χ0) is 14.7. The second-order valence-corrected chi connectivity index (χ2v) is 4.78. The number of aryl methyl sites for hydroxylation is 1. The van der Waals surface area contributed by atoms with Gasteiger partial charge in [-0.15, -0.1) is 0 Å². The third-order valence-corrected chi connectivity index (χ3v) is 3.20. The highest BCUT2D eigenvalue weighted by molar-refractivity contribution is 5.93. The summed E-state index contributed by atoms with van der Waals surface area (Å²) < 4.78 is 5.50. The van der Waals surface area contributed by atoms with Gasteiger partial charge in [0.1, 0.15) is 5.52 Å². The van der Waals surface area contributed by atoms with Gasteiger partial charge in [0.25, 0.3) is 5.91 Å². The first kappa shape index (κ1) is 13.3. The third kappa shape index (κ3) is 3.08. The molecular formula is C16H15N3O2. The van der Waals surface area contributed by atoms with Crippen molar-refractivity contribution in [3.05, 3.63) is 59.7 Å². The van der Waals surface area contributed by atoms with E-state index in [9.17, 15) is 4.79 Å². The van der Waals surface area contributed by atoms with Crippen LogP contribution in [-0.4, -0.2) is 22.4 Å². The molecule has 3 rings (SSSR count). The summed E-state index contributed by atoms with van der Waals surface area (Å²) in [5.41, 5.74) is 3.36. The van der Waals surface area contributed by atoms with E-state index in [0.717, 1.165) is 23.1 Å². The van der Waals surface area contributed by atoms with Crippen LogP contribution in [0.4, 0.5) is 0 Å². The Bertz CT molecular complexity index is 766. The van der Waals surface area contributed by atoms with Crippen molar-refractivity contribution in [2.75, 3.05) is 6.54 Å². The molecule has 0 atom stereocenters. The topological polar surface area (TPSA) is 68.0 Å². The number of oxazole rings is 1. The van der Waals surface area contributed by atoms with E-state index in [0.29, 0.717) is 18.0 Å². The van der Waals surface area contributed by atoms with Gasteiger partial charge in [0.05, 0.1) is 0 Å². The summed E-state index contributed by atoms with van der Waals surface area (Å²) in [5.74, 6) is 0.571. The summed E-state index contributed by atoms with van der Waals surface area (Å²) in [5, 5.41) is 2.89. The van der Waals surface area contributed by atoms with Crippen molar-refractivity contribution in [3.8, 4) is 0 Å². The number of aromatic nitrogens is 2. The molecule has 1 N–H and O–H groups in total. The molecule has 0 aliphatic carbocycles. The number of amides is 1. The molecule has 0 radical (unpaired) electrons. The molecule has 0 fully saturated rings. The molecule has 106 valence electrons. The molecule has 0 aliphatic rings. The molecule has 0 bridgehead atoms. The number of carbonyl (C=O) groups is 1. The minimum Gasteiger partial charge on any atom is -0.441 e. The van der Waals surface area contributed by atoms with Gasteiger partial charge in [-0.1, -0.05) is 6.07 Å². The van der Waals surface area contributed by atoms with Crippen LogP contribution < -0.4 is 5.32 Å². The Morgan fingerprint density at radius 1 is 1.24 bits per heavy atom. The summed E-state index contributed by atoms with van der Waals surface area (Å²) >= 11 is 0. The fraction of sp³-hybridized carbons (Fsp3) is 0.188. The Morgan fingerprint density at radius 3 is 2.86 bits per heavy atom. The second kappa shape index (κ2) is 5.75. The Morgan fingerprint density at radius 2 is 2.05 bits per heavy atom. The number of fused-ring (bicyclic) bond motifs is 1. The standard InChI is InChI=1S/C16H15N3O2/c1-11-19-14-3-2-12(10-15(14)21-11)4-9-18-16(20)13-5-7-17-8-6-13/h2-3,5-8,10H,4,9H2,1H3,(H,18,20). The van der Waals surface area contributed by atoms with Crippen molar-refractivity contribution in [2.24, 2.45) is 0 Å². The van der Waals surface area contributed by atoms with Gasteiger partial charge in [-0.3, -0.25) is 9.78 Å². The maximum atomic E-state index is 11.9. The van der Waals surface area contributed by atoms with E-state index in [-0.39, 0.29) is 5.91 Å². The molecule has 2 aromatic heterocycles. The highest BCUT2D eigenvalue weighted by Crippen LogP contribution is 2.17. The number of hydrogen-bond acceptors (Lipinski definition) is 4. The molecule has 0 saturated carbocycles. The van der Waals surface area contributed by atoms with Crippen LogP contribution in [-0.2, 0) is 6.42 Å². The first-order chi connectivity index (χ1) is 10.2. The van der Waals surface area contributed by atoms with Crippen LogP contribution in [0.3, 0.4) is 0 Å². The van der Waals surface area contributed by atoms with Crippen LogP contribution in [0.25, 0.3) is 11.1 Å². The highest BCUT2D eigenvalue weighted by atomic mass is 16.3. The minimum atomic E-state index is -0.0889. The molecule has 2 heterocycles. The summed E-state index contributed by atoms with van der Waals surface area (Å²) in [6.07, 6.45) is 3.96. The number of rotatable bonds is 4. The van der Waals surface area contributed by atoms with Crippen LogP contribution in [0.1, 0.15) is 21.8 Å². The normalized spacial score (nSPS) is 10.7. The smallest absolute Gasteiger partial charge is 0.251 e. The predicted molar refractivity (Wildman–Crippen MR) is 79.0 cm³/mol. The fourth-order valence-electron chi connectivity index (χ4n) is 2.17. The molecule has 1 amide bonds. The first-order valence-electron chi connectivity index (χ1n) is 6.77. The van der Waals surface area contributed by atoms with E-state index in [1.807, 2.05) is 25.1 Å². The highest BCUT2D eigenvalue weighted by Gasteiger charge is 2.05. The van der Waals surface area contributed by atoms with Crippen molar-refractivity contribution in [1.29, 1.82) is 0 Å². The molecule has 5 heteroatoms. The zero-order valence-corrected chi connectivity index (χ0v) is 11.7. The monoisotopic (exact) mass is 281 g/mol. The second-order valence-electron chi connectivity index (χ2n) is 4.78. The number of hydrogen-bond donors (Lipinski definition) is 1. The lowest BCUT2D eigenvalue weighted by Gasteiger charge is -2.05. The molecule has 0 spiro atoms. The largest absolute Gasteiger partial charge is 0.441 e. The van der Waals surface area contributed by atoms with E-state index >= 15 is 0 Å². The quantitative estimate of drug-likeness (QED) is 0.797. The molecule has 21 heavy (non-hydrogen) atoms. The average Bonchev–Trinajstić information content (AvgIpc) is 2.87. The van der Waals surface area contributed by atoms with Crippen molar-refractivity contribution in [3.63, 3.8) is 0 Å². The van der Waals surface area contributed by atoms with E-state index in [4.69, 9.17) is 4.42 Å².